The van der Waals surface area contributed by atoms with E-state index in [1.54, 1.807) is 11.3 Å². The number of ether oxygens (including phenoxy) is 1. The highest BCUT2D eigenvalue weighted by molar-refractivity contribution is 7.11. The van der Waals surface area contributed by atoms with Crippen molar-refractivity contribution in [1.82, 2.24) is 20.0 Å². The number of amides is 1. The highest BCUT2D eigenvalue weighted by Gasteiger charge is 2.29. The van der Waals surface area contributed by atoms with E-state index in [4.69, 9.17) is 4.74 Å². The monoisotopic (exact) mass is 338 g/mol. The molecule has 2 aliphatic rings. The molecule has 1 aromatic rings. The number of hydrogen-bond acceptors (Lipinski definition) is 6. The molecule has 0 radical (unpaired) electrons. The maximum atomic E-state index is 12.5. The molecule has 0 bridgehead atoms. The fourth-order valence-electron chi connectivity index (χ4n) is 3.49. The summed E-state index contributed by atoms with van der Waals surface area (Å²) in [6.07, 6.45) is 2.40. The van der Waals surface area contributed by atoms with Gasteiger partial charge < -0.3 is 9.64 Å². The standard InChI is InChI=1S/C16H26N4O2S/c1-11-8-20(9-12(2)22-11)15(21)10-19-6-4-14(5-7-19)16-18-17-13(3)23-16/h11-12,14H,4-10H2,1-3H3/t11-,12-/m0/s1. The van der Waals surface area contributed by atoms with E-state index < -0.39 is 0 Å². The normalized spacial score (nSPS) is 27.3. The number of nitrogens with zero attached hydrogens (tertiary/aromatic N) is 4. The molecule has 1 aromatic heterocycles. The van der Waals surface area contributed by atoms with Crippen LogP contribution in [-0.4, -0.2) is 70.8 Å². The molecule has 0 spiro atoms. The first-order valence-corrected chi connectivity index (χ1v) is 9.28. The highest BCUT2D eigenvalue weighted by Crippen LogP contribution is 2.29. The largest absolute Gasteiger partial charge is 0.372 e. The minimum absolute atomic E-state index is 0.133. The third-order valence-corrected chi connectivity index (χ3v) is 5.61. The Hall–Kier alpha value is -1.05. The zero-order chi connectivity index (χ0) is 16.4. The quantitative estimate of drug-likeness (QED) is 0.839. The molecular formula is C16H26N4O2S. The smallest absolute Gasteiger partial charge is 0.236 e. The first kappa shape index (κ1) is 16.8. The summed E-state index contributed by atoms with van der Waals surface area (Å²) in [5.74, 6) is 0.744. The third kappa shape index (κ3) is 4.28. The zero-order valence-electron chi connectivity index (χ0n) is 14.2. The number of aryl methyl sites for hydroxylation is 1. The molecule has 3 rings (SSSR count). The lowest BCUT2D eigenvalue weighted by molar-refractivity contribution is -0.144. The maximum Gasteiger partial charge on any atom is 0.236 e. The Morgan fingerprint density at radius 3 is 2.43 bits per heavy atom. The summed E-state index contributed by atoms with van der Waals surface area (Å²) < 4.78 is 5.70. The summed E-state index contributed by atoms with van der Waals surface area (Å²) in [4.78, 5) is 16.8. The van der Waals surface area contributed by atoms with Gasteiger partial charge in [0.25, 0.3) is 0 Å². The molecule has 0 unspecified atom stereocenters. The summed E-state index contributed by atoms with van der Waals surface area (Å²) in [5, 5.41) is 10.6. The van der Waals surface area contributed by atoms with Gasteiger partial charge in [0.05, 0.1) is 18.8 Å². The van der Waals surface area contributed by atoms with Crippen molar-refractivity contribution in [3.8, 4) is 0 Å². The Morgan fingerprint density at radius 2 is 1.87 bits per heavy atom. The van der Waals surface area contributed by atoms with Gasteiger partial charge in [-0.15, -0.1) is 21.5 Å². The van der Waals surface area contributed by atoms with Crippen molar-refractivity contribution >= 4 is 17.2 Å². The Labute approximate surface area is 141 Å². The van der Waals surface area contributed by atoms with Crippen LogP contribution < -0.4 is 0 Å². The number of rotatable bonds is 3. The van der Waals surface area contributed by atoms with Crippen LogP contribution in [0.2, 0.25) is 0 Å². The molecule has 0 saturated carbocycles. The average Bonchev–Trinajstić information content (AvgIpc) is 2.93. The second-order valence-electron chi connectivity index (χ2n) is 6.77. The van der Waals surface area contributed by atoms with E-state index in [1.807, 2.05) is 25.7 Å². The minimum Gasteiger partial charge on any atom is -0.372 e. The first-order valence-electron chi connectivity index (χ1n) is 8.47. The van der Waals surface area contributed by atoms with Gasteiger partial charge in [0.1, 0.15) is 10.0 Å². The lowest BCUT2D eigenvalue weighted by atomic mass is 9.97. The molecular weight excluding hydrogens is 312 g/mol. The van der Waals surface area contributed by atoms with Crippen molar-refractivity contribution in [3.05, 3.63) is 10.0 Å². The Balaban J connectivity index is 1.47. The molecule has 2 saturated heterocycles. The third-order valence-electron chi connectivity index (χ3n) is 4.61. The van der Waals surface area contributed by atoms with E-state index in [2.05, 4.69) is 15.1 Å². The molecule has 0 aromatic carbocycles. The van der Waals surface area contributed by atoms with Crippen LogP contribution in [0.4, 0.5) is 0 Å². The number of aromatic nitrogens is 2. The minimum atomic E-state index is 0.133. The van der Waals surface area contributed by atoms with Crippen LogP contribution in [-0.2, 0) is 9.53 Å². The van der Waals surface area contributed by atoms with Crippen molar-refractivity contribution < 1.29 is 9.53 Å². The van der Waals surface area contributed by atoms with Gasteiger partial charge in [0.2, 0.25) is 5.91 Å². The van der Waals surface area contributed by atoms with Crippen LogP contribution in [0.15, 0.2) is 0 Å². The van der Waals surface area contributed by atoms with E-state index in [-0.39, 0.29) is 18.1 Å². The molecule has 0 N–H and O–H groups in total. The summed E-state index contributed by atoms with van der Waals surface area (Å²) >= 11 is 1.70. The molecule has 23 heavy (non-hydrogen) atoms. The Bertz CT molecular complexity index is 532. The van der Waals surface area contributed by atoms with Gasteiger partial charge in [0, 0.05) is 19.0 Å². The molecule has 2 aliphatic heterocycles. The van der Waals surface area contributed by atoms with Gasteiger partial charge in [-0.1, -0.05) is 0 Å². The second kappa shape index (κ2) is 7.23. The topological polar surface area (TPSA) is 58.6 Å². The van der Waals surface area contributed by atoms with E-state index in [9.17, 15) is 4.79 Å². The Kier molecular flexibility index (Phi) is 5.28. The van der Waals surface area contributed by atoms with Crippen LogP contribution in [0.25, 0.3) is 0 Å². The van der Waals surface area contributed by atoms with Crippen molar-refractivity contribution in [2.24, 2.45) is 0 Å². The van der Waals surface area contributed by atoms with Gasteiger partial charge in [-0.25, -0.2) is 0 Å². The number of morpholine rings is 1. The SMILES string of the molecule is Cc1nnc(C2CCN(CC(=O)N3C[C@H](C)O[C@@H](C)C3)CC2)s1. The van der Waals surface area contributed by atoms with Gasteiger partial charge in [-0.2, -0.15) is 0 Å². The first-order chi connectivity index (χ1) is 11.0. The van der Waals surface area contributed by atoms with Crippen LogP contribution in [0.1, 0.15) is 42.6 Å². The zero-order valence-corrected chi connectivity index (χ0v) is 15.0. The Morgan fingerprint density at radius 1 is 1.22 bits per heavy atom. The van der Waals surface area contributed by atoms with E-state index >= 15 is 0 Å². The van der Waals surface area contributed by atoms with E-state index in [0.717, 1.165) is 35.9 Å². The van der Waals surface area contributed by atoms with Gasteiger partial charge in [0.15, 0.2) is 0 Å². The number of carbonyl (C=O) groups excluding carboxylic acids is 1. The van der Waals surface area contributed by atoms with Crippen LogP contribution in [0, 0.1) is 6.92 Å². The van der Waals surface area contributed by atoms with Gasteiger partial charge in [-0.3, -0.25) is 9.69 Å². The van der Waals surface area contributed by atoms with Crippen LogP contribution in [0.5, 0.6) is 0 Å². The molecule has 7 heteroatoms. The number of hydrogen-bond donors (Lipinski definition) is 0. The second-order valence-corrected chi connectivity index (χ2v) is 7.98. The van der Waals surface area contributed by atoms with Gasteiger partial charge in [-0.05, 0) is 46.7 Å². The molecule has 3 heterocycles. The molecule has 2 atom stereocenters. The molecule has 1 amide bonds. The van der Waals surface area contributed by atoms with Gasteiger partial charge >= 0.3 is 0 Å². The molecule has 2 fully saturated rings. The number of piperidine rings is 1. The van der Waals surface area contributed by atoms with E-state index in [0.29, 0.717) is 25.6 Å². The predicted octanol–water partition coefficient (Wildman–Crippen LogP) is 1.66. The average molecular weight is 338 g/mol. The maximum absolute atomic E-state index is 12.5. The fourth-order valence-corrected chi connectivity index (χ4v) is 4.36. The molecule has 6 nitrogen and oxygen atoms in total. The van der Waals surface area contributed by atoms with Crippen molar-refractivity contribution in [3.63, 3.8) is 0 Å². The summed E-state index contributed by atoms with van der Waals surface area (Å²) in [6.45, 7) is 9.94. The van der Waals surface area contributed by atoms with Crippen LogP contribution >= 0.6 is 11.3 Å². The predicted molar refractivity (Wildman–Crippen MR) is 89.7 cm³/mol. The van der Waals surface area contributed by atoms with Crippen LogP contribution in [0.3, 0.4) is 0 Å². The van der Waals surface area contributed by atoms with Crippen molar-refractivity contribution in [1.29, 1.82) is 0 Å². The fraction of sp³-hybridized carbons (Fsp3) is 0.812. The lowest BCUT2D eigenvalue weighted by Gasteiger charge is -2.37. The van der Waals surface area contributed by atoms with E-state index in [1.165, 1.54) is 0 Å². The van der Waals surface area contributed by atoms with Crippen molar-refractivity contribution in [2.75, 3.05) is 32.7 Å². The lowest BCUT2D eigenvalue weighted by Crippen LogP contribution is -2.51. The summed E-state index contributed by atoms with van der Waals surface area (Å²) in [5.41, 5.74) is 0. The highest BCUT2D eigenvalue weighted by atomic mass is 32.1. The summed E-state index contributed by atoms with van der Waals surface area (Å²) in [6, 6.07) is 0. The molecule has 128 valence electrons. The van der Waals surface area contributed by atoms with Crippen molar-refractivity contribution in [2.45, 2.75) is 51.7 Å². The number of likely N-dealkylation sites (tertiary alicyclic amines) is 1. The summed E-state index contributed by atoms with van der Waals surface area (Å²) in [7, 11) is 0. The molecule has 0 aliphatic carbocycles. The number of carbonyl (C=O) groups is 1.